The molecule has 0 radical (unpaired) electrons. The van der Waals surface area contributed by atoms with E-state index in [1.54, 1.807) is 7.11 Å². The molecule has 5 nitrogen and oxygen atoms in total. The number of methoxy groups -OCH3 is 1. The van der Waals surface area contributed by atoms with E-state index in [1.165, 1.54) is 22.5 Å². The highest BCUT2D eigenvalue weighted by Gasteiger charge is 2.32. The van der Waals surface area contributed by atoms with Gasteiger partial charge < -0.3 is 9.47 Å². The van der Waals surface area contributed by atoms with Crippen LogP contribution >= 0.6 is 11.3 Å². The predicted molar refractivity (Wildman–Crippen MR) is 163 cm³/mol. The molecular weight excluding hydrogens is 528 g/mol. The summed E-state index contributed by atoms with van der Waals surface area (Å²) in [4.78, 5) is 20.0. The van der Waals surface area contributed by atoms with E-state index in [1.807, 2.05) is 83.4 Å². The Morgan fingerprint density at radius 3 is 2.61 bits per heavy atom. The number of thiazole rings is 1. The van der Waals surface area contributed by atoms with Gasteiger partial charge in [0.1, 0.15) is 18.1 Å². The summed E-state index contributed by atoms with van der Waals surface area (Å²) < 4.78 is 14.2. The summed E-state index contributed by atoms with van der Waals surface area (Å²) in [6, 6.07) is 34.2. The summed E-state index contributed by atoms with van der Waals surface area (Å²) in [6.07, 6.45) is 3.70. The molecule has 1 aliphatic heterocycles. The first kappa shape index (κ1) is 25.3. The van der Waals surface area contributed by atoms with Gasteiger partial charge in [-0.25, -0.2) is 4.99 Å². The SMILES string of the molecule is COc1cccc([C@H]2C3=C(N=c4s/c(=C\c5ccccc5OCc5ccccc5)c(=O)n42)c2ccccc2CC3)c1. The number of ether oxygens (including phenoxy) is 2. The van der Waals surface area contributed by atoms with Crippen molar-refractivity contribution in [3.63, 3.8) is 0 Å². The normalized spacial score (nSPS) is 15.9. The summed E-state index contributed by atoms with van der Waals surface area (Å²) in [5, 5.41) is 0. The number of aromatic nitrogens is 1. The Kier molecular flexibility index (Phi) is 6.61. The zero-order valence-electron chi connectivity index (χ0n) is 22.6. The van der Waals surface area contributed by atoms with Crippen molar-refractivity contribution in [1.29, 1.82) is 0 Å². The Balaban J connectivity index is 1.38. The third-order valence-electron chi connectivity index (χ3n) is 7.73. The maximum Gasteiger partial charge on any atom is 0.271 e. The van der Waals surface area contributed by atoms with Gasteiger partial charge in [0.05, 0.1) is 23.4 Å². The molecule has 6 heteroatoms. The number of nitrogens with zero attached hydrogens (tertiary/aromatic N) is 2. The van der Waals surface area contributed by atoms with E-state index in [-0.39, 0.29) is 11.6 Å². The standard InChI is InChI=1S/C35H28N2O3S/c1-39-27-15-9-14-26(20-27)33-29-19-18-24-12-5-7-16-28(24)32(29)36-35-37(33)34(38)31(41-35)21-25-13-6-8-17-30(25)40-22-23-10-3-2-4-11-23/h2-17,20-21,33H,18-19,22H2,1H3/b31-21-/t33-/m0/s1. The topological polar surface area (TPSA) is 52.8 Å². The molecular formula is C35H28N2O3S. The van der Waals surface area contributed by atoms with Crippen LogP contribution in [0.1, 0.15) is 40.3 Å². The molecule has 4 aromatic carbocycles. The number of allylic oxidation sites excluding steroid dienone is 1. The van der Waals surface area contributed by atoms with E-state index >= 15 is 0 Å². The monoisotopic (exact) mass is 556 g/mol. The number of rotatable bonds is 6. The first-order valence-electron chi connectivity index (χ1n) is 13.7. The molecule has 0 saturated heterocycles. The quantitative estimate of drug-likeness (QED) is 0.262. The predicted octanol–water partition coefficient (Wildman–Crippen LogP) is 5.91. The molecule has 0 N–H and O–H groups in total. The minimum absolute atomic E-state index is 0.0511. The molecule has 1 aliphatic carbocycles. The van der Waals surface area contributed by atoms with Crippen molar-refractivity contribution in [2.24, 2.45) is 4.99 Å². The first-order chi connectivity index (χ1) is 20.2. The Bertz CT molecular complexity index is 1970. The fourth-order valence-corrected chi connectivity index (χ4v) is 6.73. The Morgan fingerprint density at radius 2 is 1.73 bits per heavy atom. The third kappa shape index (κ3) is 4.70. The smallest absolute Gasteiger partial charge is 0.271 e. The lowest BCUT2D eigenvalue weighted by Gasteiger charge is -2.31. The number of hydrogen-bond acceptors (Lipinski definition) is 5. The third-order valence-corrected chi connectivity index (χ3v) is 8.71. The number of para-hydroxylation sites is 1. The Labute approximate surface area is 242 Å². The molecule has 202 valence electrons. The van der Waals surface area contributed by atoms with Crippen LogP contribution in [0.15, 0.2) is 118 Å². The van der Waals surface area contributed by atoms with Gasteiger partial charge in [-0.3, -0.25) is 9.36 Å². The minimum atomic E-state index is -0.253. The second-order valence-electron chi connectivity index (χ2n) is 10.2. The zero-order valence-corrected chi connectivity index (χ0v) is 23.4. The lowest BCUT2D eigenvalue weighted by Crippen LogP contribution is -2.38. The molecule has 0 spiro atoms. The molecule has 0 amide bonds. The van der Waals surface area contributed by atoms with Crippen LogP contribution in [-0.4, -0.2) is 11.7 Å². The summed E-state index contributed by atoms with van der Waals surface area (Å²) in [6.45, 7) is 0.453. The molecule has 0 saturated carbocycles. The summed E-state index contributed by atoms with van der Waals surface area (Å²) in [5.74, 6) is 1.50. The van der Waals surface area contributed by atoms with Crippen molar-refractivity contribution < 1.29 is 9.47 Å². The molecule has 2 heterocycles. The summed E-state index contributed by atoms with van der Waals surface area (Å²) >= 11 is 1.43. The number of aryl methyl sites for hydroxylation is 1. The van der Waals surface area contributed by atoms with E-state index in [0.717, 1.165) is 52.3 Å². The zero-order chi connectivity index (χ0) is 27.8. The average molecular weight is 557 g/mol. The van der Waals surface area contributed by atoms with E-state index < -0.39 is 0 Å². The molecule has 7 rings (SSSR count). The van der Waals surface area contributed by atoms with Crippen LogP contribution in [0, 0.1) is 0 Å². The van der Waals surface area contributed by atoms with E-state index in [4.69, 9.17) is 14.5 Å². The van der Waals surface area contributed by atoms with Gasteiger partial charge in [-0.15, -0.1) is 0 Å². The van der Waals surface area contributed by atoms with Gasteiger partial charge in [-0.2, -0.15) is 0 Å². The molecule has 0 unspecified atom stereocenters. The van der Waals surface area contributed by atoms with Crippen LogP contribution < -0.4 is 24.4 Å². The van der Waals surface area contributed by atoms with Crippen LogP contribution in [0.3, 0.4) is 0 Å². The average Bonchev–Trinajstić information content (AvgIpc) is 3.34. The molecule has 1 aromatic heterocycles. The number of fused-ring (bicyclic) bond motifs is 3. The lowest BCUT2D eigenvalue weighted by atomic mass is 9.83. The highest BCUT2D eigenvalue weighted by atomic mass is 32.1. The minimum Gasteiger partial charge on any atom is -0.497 e. The van der Waals surface area contributed by atoms with Gasteiger partial charge in [-0.1, -0.05) is 96.3 Å². The second-order valence-corrected chi connectivity index (χ2v) is 11.2. The summed E-state index contributed by atoms with van der Waals surface area (Å²) in [5.41, 5.74) is 7.52. The van der Waals surface area contributed by atoms with Crippen LogP contribution in [0.4, 0.5) is 0 Å². The number of benzene rings is 4. The van der Waals surface area contributed by atoms with Gasteiger partial charge in [0, 0.05) is 11.1 Å². The Hall–Kier alpha value is -4.68. The molecule has 2 aliphatic rings. The first-order valence-corrected chi connectivity index (χ1v) is 14.5. The van der Waals surface area contributed by atoms with Crippen LogP contribution in [-0.2, 0) is 13.0 Å². The Morgan fingerprint density at radius 1 is 0.927 bits per heavy atom. The fourth-order valence-electron chi connectivity index (χ4n) is 5.74. The molecule has 1 atom stereocenters. The highest BCUT2D eigenvalue weighted by Crippen LogP contribution is 2.41. The van der Waals surface area contributed by atoms with Crippen LogP contribution in [0.5, 0.6) is 11.5 Å². The van der Waals surface area contributed by atoms with Crippen molar-refractivity contribution in [3.05, 3.63) is 156 Å². The van der Waals surface area contributed by atoms with Gasteiger partial charge in [0.25, 0.3) is 5.56 Å². The fraction of sp³-hybridized carbons (Fsp3) is 0.143. The molecule has 41 heavy (non-hydrogen) atoms. The molecule has 0 bridgehead atoms. The van der Waals surface area contributed by atoms with Gasteiger partial charge in [0.2, 0.25) is 0 Å². The van der Waals surface area contributed by atoms with Crippen LogP contribution in [0.2, 0.25) is 0 Å². The number of hydrogen-bond donors (Lipinski definition) is 0. The molecule has 5 aromatic rings. The van der Waals surface area contributed by atoms with Crippen molar-refractivity contribution in [2.45, 2.75) is 25.5 Å². The van der Waals surface area contributed by atoms with E-state index in [9.17, 15) is 4.79 Å². The van der Waals surface area contributed by atoms with Gasteiger partial charge in [-0.05, 0) is 59.4 Å². The van der Waals surface area contributed by atoms with Crippen molar-refractivity contribution >= 4 is 23.1 Å². The van der Waals surface area contributed by atoms with Crippen molar-refractivity contribution in [3.8, 4) is 11.5 Å². The van der Waals surface area contributed by atoms with Gasteiger partial charge >= 0.3 is 0 Å². The van der Waals surface area contributed by atoms with Crippen molar-refractivity contribution in [2.75, 3.05) is 7.11 Å². The maximum atomic E-state index is 14.2. The molecule has 0 fully saturated rings. The van der Waals surface area contributed by atoms with Gasteiger partial charge in [0.15, 0.2) is 4.80 Å². The lowest BCUT2D eigenvalue weighted by molar-refractivity contribution is 0.305. The highest BCUT2D eigenvalue weighted by molar-refractivity contribution is 7.07. The van der Waals surface area contributed by atoms with E-state index in [2.05, 4.69) is 30.3 Å². The van der Waals surface area contributed by atoms with Crippen LogP contribution in [0.25, 0.3) is 11.8 Å². The second kappa shape index (κ2) is 10.7. The maximum absolute atomic E-state index is 14.2. The van der Waals surface area contributed by atoms with E-state index in [0.29, 0.717) is 15.9 Å². The summed E-state index contributed by atoms with van der Waals surface area (Å²) in [7, 11) is 1.67. The largest absolute Gasteiger partial charge is 0.497 e. The van der Waals surface area contributed by atoms with Crippen molar-refractivity contribution in [1.82, 2.24) is 4.57 Å².